The van der Waals surface area contributed by atoms with Gasteiger partial charge in [-0.1, -0.05) is 62.9 Å². The third-order valence-corrected chi connectivity index (χ3v) is 9.16. The van der Waals surface area contributed by atoms with E-state index in [2.05, 4.69) is 62.2 Å². The van der Waals surface area contributed by atoms with E-state index in [9.17, 15) is 4.79 Å². The number of hydrogen-bond donors (Lipinski definition) is 1. The molecule has 1 aliphatic carbocycles. The Morgan fingerprint density at radius 3 is 2.68 bits per heavy atom. The number of likely N-dealkylation sites (tertiary alicyclic amines) is 1. The van der Waals surface area contributed by atoms with Crippen molar-refractivity contribution in [2.24, 2.45) is 11.8 Å². The zero-order valence-corrected chi connectivity index (χ0v) is 23.3. The summed E-state index contributed by atoms with van der Waals surface area (Å²) >= 11 is 0. The van der Waals surface area contributed by atoms with Gasteiger partial charge in [-0.15, -0.1) is 0 Å². The zero-order valence-electron chi connectivity index (χ0n) is 23.3. The average Bonchev–Trinajstić information content (AvgIpc) is 2.92. The van der Waals surface area contributed by atoms with Crippen LogP contribution in [-0.4, -0.2) is 49.7 Å². The van der Waals surface area contributed by atoms with Gasteiger partial charge in [0.15, 0.2) is 0 Å². The van der Waals surface area contributed by atoms with Crippen LogP contribution in [0.5, 0.6) is 5.75 Å². The van der Waals surface area contributed by atoms with E-state index in [1.54, 1.807) is 7.11 Å². The number of nitrogens with one attached hydrogen (secondary N) is 1. The summed E-state index contributed by atoms with van der Waals surface area (Å²) in [5, 5.41) is 5.70. The molecule has 1 aliphatic heterocycles. The quantitative estimate of drug-likeness (QED) is 0.268. The second-order valence-electron chi connectivity index (χ2n) is 12.1. The number of amides is 1. The number of carbonyl (C=O) groups is 1. The minimum absolute atomic E-state index is 0.0346. The third kappa shape index (κ3) is 5.24. The summed E-state index contributed by atoms with van der Waals surface area (Å²) < 4.78 is 6.78. The molecule has 4 nitrogen and oxygen atoms in total. The predicted octanol–water partition coefficient (Wildman–Crippen LogP) is 6.75. The van der Waals surface area contributed by atoms with E-state index in [1.807, 2.05) is 36.4 Å². The van der Waals surface area contributed by atoms with Crippen LogP contribution in [0.2, 0.25) is 0 Å². The second kappa shape index (κ2) is 10.9. The van der Waals surface area contributed by atoms with Gasteiger partial charge in [0.25, 0.3) is 5.91 Å². The first kappa shape index (κ1) is 26.5. The number of rotatable bonds is 8. The number of methoxy groups -OCH3 is 1. The molecule has 2 aliphatic rings. The highest BCUT2D eigenvalue weighted by Gasteiger charge is 2.53. The first-order chi connectivity index (χ1) is 18.4. The third-order valence-electron chi connectivity index (χ3n) is 9.16. The molecule has 1 unspecified atom stereocenters. The van der Waals surface area contributed by atoms with Crippen LogP contribution < -0.4 is 10.1 Å². The summed E-state index contributed by atoms with van der Waals surface area (Å²) in [5.74, 6) is 2.16. The summed E-state index contributed by atoms with van der Waals surface area (Å²) in [4.78, 5) is 13.4. The van der Waals surface area contributed by atoms with Gasteiger partial charge in [0.2, 0.25) is 0 Å². The van der Waals surface area contributed by atoms with Crippen molar-refractivity contribution in [2.75, 3.05) is 33.3 Å². The summed E-state index contributed by atoms with van der Waals surface area (Å²) in [6.45, 7) is 13.3. The van der Waals surface area contributed by atoms with Crippen molar-refractivity contribution in [2.45, 2.75) is 51.0 Å². The number of ether oxygens (including phenoxy) is 1. The Morgan fingerprint density at radius 2 is 1.92 bits per heavy atom. The van der Waals surface area contributed by atoms with Gasteiger partial charge in [-0.2, -0.15) is 0 Å². The first-order valence-electron chi connectivity index (χ1n) is 14.3. The van der Waals surface area contributed by atoms with E-state index in [4.69, 9.17) is 4.74 Å². The Balaban J connectivity index is 1.42. The van der Waals surface area contributed by atoms with Crippen LogP contribution >= 0.6 is 0 Å². The minimum Gasteiger partial charge on any atom is -0.497 e. The van der Waals surface area contributed by atoms with E-state index >= 15 is 0 Å². The fourth-order valence-electron chi connectivity index (χ4n) is 7.56. The standard InChI is InChI=1S/C34H42N2O2/c1-5-18-36(23-25(2)3)19-17-34(29-11-8-12-32(21-29)38-4)22-31(16-15-30(34)24-36)35-33(37)28-14-13-26-9-6-7-10-27(26)20-28/h5-14,20-21,25,30-31H,1,15-19,22-24H2,2-4H3/p+1/t30?,31-,34-,36+/m1/s1. The second-order valence-corrected chi connectivity index (χ2v) is 12.1. The Hall–Kier alpha value is -3.11. The highest BCUT2D eigenvalue weighted by molar-refractivity contribution is 5.98. The molecule has 0 spiro atoms. The number of piperidine rings is 1. The number of carbonyl (C=O) groups excluding carboxylic acids is 1. The SMILES string of the molecule is C=CC[N@@+]1(CC(C)C)CC[C@]2(c3cccc(OC)c3)C[C@H](NC(=O)c3ccc4ccccc4c3)CCC2C1. The van der Waals surface area contributed by atoms with Crippen LogP contribution in [0.4, 0.5) is 0 Å². The molecule has 3 aromatic rings. The Bertz CT molecular complexity index is 1300. The smallest absolute Gasteiger partial charge is 0.251 e. The van der Waals surface area contributed by atoms with Crippen molar-refractivity contribution in [3.8, 4) is 5.75 Å². The lowest BCUT2D eigenvalue weighted by Crippen LogP contribution is -2.64. The first-order valence-corrected chi connectivity index (χ1v) is 14.3. The molecule has 1 saturated carbocycles. The molecule has 4 atom stereocenters. The number of benzene rings is 3. The van der Waals surface area contributed by atoms with Crippen LogP contribution in [0.3, 0.4) is 0 Å². The molecule has 0 aromatic heterocycles. The van der Waals surface area contributed by atoms with Gasteiger partial charge in [0.1, 0.15) is 5.75 Å². The largest absolute Gasteiger partial charge is 0.497 e. The fourth-order valence-corrected chi connectivity index (χ4v) is 7.56. The highest BCUT2D eigenvalue weighted by atomic mass is 16.5. The van der Waals surface area contributed by atoms with E-state index in [-0.39, 0.29) is 17.4 Å². The van der Waals surface area contributed by atoms with Gasteiger partial charge in [-0.3, -0.25) is 4.79 Å². The maximum Gasteiger partial charge on any atom is 0.251 e. The molecule has 3 aromatic carbocycles. The van der Waals surface area contributed by atoms with Crippen LogP contribution in [0, 0.1) is 11.8 Å². The number of quaternary nitrogens is 1. The van der Waals surface area contributed by atoms with Gasteiger partial charge >= 0.3 is 0 Å². The molecule has 1 N–H and O–H groups in total. The average molecular weight is 512 g/mol. The van der Waals surface area contributed by atoms with E-state index in [1.165, 1.54) is 18.7 Å². The van der Waals surface area contributed by atoms with Gasteiger partial charge in [-0.25, -0.2) is 0 Å². The number of fused-ring (bicyclic) bond motifs is 2. The van der Waals surface area contributed by atoms with Crippen LogP contribution in [0.1, 0.15) is 55.5 Å². The van der Waals surface area contributed by atoms with E-state index < -0.39 is 0 Å². The van der Waals surface area contributed by atoms with Crippen LogP contribution in [-0.2, 0) is 5.41 Å². The van der Waals surface area contributed by atoms with Gasteiger partial charge in [0.05, 0.1) is 33.3 Å². The minimum atomic E-state index is 0.0346. The zero-order chi connectivity index (χ0) is 26.8. The van der Waals surface area contributed by atoms with Crippen molar-refractivity contribution in [1.82, 2.24) is 5.32 Å². The highest BCUT2D eigenvalue weighted by Crippen LogP contribution is 2.51. The molecule has 1 amide bonds. The van der Waals surface area contributed by atoms with E-state index in [0.717, 1.165) is 65.3 Å². The molecule has 200 valence electrons. The molecule has 1 heterocycles. The van der Waals surface area contributed by atoms with Crippen LogP contribution in [0.25, 0.3) is 10.8 Å². The van der Waals surface area contributed by atoms with Gasteiger partial charge in [-0.05, 0) is 65.9 Å². The van der Waals surface area contributed by atoms with E-state index in [0.29, 0.717) is 11.8 Å². The molecule has 1 saturated heterocycles. The van der Waals surface area contributed by atoms with Crippen molar-refractivity contribution in [1.29, 1.82) is 0 Å². The summed E-state index contributed by atoms with van der Waals surface area (Å²) in [7, 11) is 1.75. The topological polar surface area (TPSA) is 38.3 Å². The Morgan fingerprint density at radius 1 is 1.11 bits per heavy atom. The van der Waals surface area contributed by atoms with Crippen molar-refractivity contribution >= 4 is 16.7 Å². The molecular weight excluding hydrogens is 468 g/mol. The number of hydrogen-bond acceptors (Lipinski definition) is 2. The normalized spacial score (nSPS) is 27.1. The lowest BCUT2D eigenvalue weighted by atomic mass is 9.57. The van der Waals surface area contributed by atoms with Crippen molar-refractivity contribution < 1.29 is 14.0 Å². The van der Waals surface area contributed by atoms with Gasteiger partial charge in [0, 0.05) is 35.3 Å². The number of nitrogens with zero attached hydrogens (tertiary/aromatic N) is 1. The van der Waals surface area contributed by atoms with Gasteiger partial charge < -0.3 is 14.5 Å². The molecule has 2 fully saturated rings. The molecule has 4 heteroatoms. The molecule has 0 radical (unpaired) electrons. The summed E-state index contributed by atoms with van der Waals surface area (Å²) in [5.41, 5.74) is 2.14. The predicted molar refractivity (Wildman–Crippen MR) is 157 cm³/mol. The summed E-state index contributed by atoms with van der Waals surface area (Å²) in [6, 6.07) is 23.1. The van der Waals surface area contributed by atoms with Crippen molar-refractivity contribution in [3.05, 3.63) is 90.5 Å². The Labute approximate surface area is 228 Å². The lowest BCUT2D eigenvalue weighted by molar-refractivity contribution is -0.935. The van der Waals surface area contributed by atoms with Crippen LogP contribution in [0.15, 0.2) is 79.4 Å². The van der Waals surface area contributed by atoms with Crippen molar-refractivity contribution in [3.63, 3.8) is 0 Å². The summed E-state index contributed by atoms with van der Waals surface area (Å²) in [6.07, 6.45) is 6.35. The molecule has 38 heavy (non-hydrogen) atoms. The fraction of sp³-hybridized carbons (Fsp3) is 0.441. The Kier molecular flexibility index (Phi) is 7.63. The molecule has 5 rings (SSSR count). The molecule has 0 bridgehead atoms. The maximum absolute atomic E-state index is 13.4. The lowest BCUT2D eigenvalue weighted by Gasteiger charge is -2.56. The molecular formula is C34H43N2O2+. The maximum atomic E-state index is 13.4. The monoisotopic (exact) mass is 511 g/mol.